The van der Waals surface area contributed by atoms with Crippen molar-refractivity contribution in [3.8, 4) is 0 Å². The smallest absolute Gasteiger partial charge is 0.334 e. The molecule has 1 N–H and O–H groups in total. The molecule has 3 aliphatic rings. The number of ether oxygens (including phenoxy) is 2. The molecule has 0 aromatic heterocycles. The fourth-order valence-electron chi connectivity index (χ4n) is 4.20. The summed E-state index contributed by atoms with van der Waals surface area (Å²) in [5.41, 5.74) is -0.0422. The minimum Gasteiger partial charge on any atom is -0.461 e. The number of hydrogen-bond acceptors (Lipinski definition) is 5. The van der Waals surface area contributed by atoms with E-state index >= 15 is 0 Å². The van der Waals surface area contributed by atoms with Gasteiger partial charge in [0.15, 0.2) is 0 Å². The quantitative estimate of drug-likeness (QED) is 0.574. The highest BCUT2D eigenvalue weighted by molar-refractivity contribution is 5.90. The van der Waals surface area contributed by atoms with E-state index in [1.807, 2.05) is 13.8 Å². The summed E-state index contributed by atoms with van der Waals surface area (Å²) in [7, 11) is 0. The Bertz CT molecular complexity index is 485. The van der Waals surface area contributed by atoms with Gasteiger partial charge in [0.25, 0.3) is 0 Å². The number of aliphatic hydroxyl groups excluding tert-OH is 1. The zero-order valence-corrected chi connectivity index (χ0v) is 11.8. The Morgan fingerprint density at radius 2 is 2.10 bits per heavy atom. The van der Waals surface area contributed by atoms with Gasteiger partial charge >= 0.3 is 11.9 Å². The summed E-state index contributed by atoms with van der Waals surface area (Å²) < 4.78 is 10.8. The van der Waals surface area contributed by atoms with Gasteiger partial charge < -0.3 is 14.6 Å². The molecule has 2 saturated heterocycles. The van der Waals surface area contributed by atoms with Crippen LogP contribution >= 0.6 is 0 Å². The highest BCUT2D eigenvalue weighted by atomic mass is 16.6. The van der Waals surface area contributed by atoms with Gasteiger partial charge in [0.2, 0.25) is 0 Å². The third kappa shape index (κ3) is 1.59. The second kappa shape index (κ2) is 4.32. The summed E-state index contributed by atoms with van der Waals surface area (Å²) in [6, 6.07) is 0. The maximum Gasteiger partial charge on any atom is 0.334 e. The Labute approximate surface area is 117 Å². The Morgan fingerprint density at radius 1 is 1.40 bits per heavy atom. The van der Waals surface area contributed by atoms with Gasteiger partial charge in [-0.1, -0.05) is 20.4 Å². The second-order valence-corrected chi connectivity index (χ2v) is 6.48. The van der Waals surface area contributed by atoms with Crippen LogP contribution < -0.4 is 0 Å². The lowest BCUT2D eigenvalue weighted by molar-refractivity contribution is -0.184. The molecule has 5 heteroatoms. The normalized spacial score (nSPS) is 47.4. The molecule has 1 saturated carbocycles. The van der Waals surface area contributed by atoms with Crippen LogP contribution in [0.25, 0.3) is 0 Å². The van der Waals surface area contributed by atoms with E-state index in [0.717, 1.165) is 12.8 Å². The maximum absolute atomic E-state index is 11.9. The van der Waals surface area contributed by atoms with E-state index in [-0.39, 0.29) is 36.4 Å². The summed E-state index contributed by atoms with van der Waals surface area (Å²) >= 11 is 0. The van der Waals surface area contributed by atoms with E-state index in [1.165, 1.54) is 0 Å². The molecular formula is C15H20O5. The summed E-state index contributed by atoms with van der Waals surface area (Å²) in [4.78, 5) is 23.8. The number of aliphatic hydroxyl groups is 1. The first kappa shape index (κ1) is 13.6. The summed E-state index contributed by atoms with van der Waals surface area (Å²) in [5.74, 6) is -0.946. The van der Waals surface area contributed by atoms with Crippen LogP contribution in [-0.4, -0.2) is 35.9 Å². The molecule has 5 nitrogen and oxygen atoms in total. The topological polar surface area (TPSA) is 72.8 Å². The molecule has 0 bridgehead atoms. The highest BCUT2D eigenvalue weighted by Gasteiger charge is 2.61. The van der Waals surface area contributed by atoms with Crippen LogP contribution in [0.3, 0.4) is 0 Å². The Hall–Kier alpha value is -1.36. The molecule has 0 radical (unpaired) electrons. The van der Waals surface area contributed by atoms with Gasteiger partial charge in [-0.05, 0) is 12.8 Å². The van der Waals surface area contributed by atoms with E-state index in [0.29, 0.717) is 5.57 Å². The molecular weight excluding hydrogens is 260 g/mol. The lowest BCUT2D eigenvalue weighted by Crippen LogP contribution is -2.57. The van der Waals surface area contributed by atoms with E-state index < -0.39 is 17.5 Å². The number of carbonyl (C=O) groups excluding carboxylic acids is 2. The van der Waals surface area contributed by atoms with Crippen LogP contribution in [0.5, 0.6) is 0 Å². The van der Waals surface area contributed by atoms with Gasteiger partial charge in [0.1, 0.15) is 12.2 Å². The lowest BCUT2D eigenvalue weighted by Gasteiger charge is -2.52. The van der Waals surface area contributed by atoms with Crippen molar-refractivity contribution in [3.05, 3.63) is 12.2 Å². The van der Waals surface area contributed by atoms with E-state index in [1.54, 1.807) is 0 Å². The van der Waals surface area contributed by atoms with Crippen molar-refractivity contribution in [2.75, 3.05) is 6.61 Å². The minimum atomic E-state index is -0.555. The average Bonchev–Trinajstić information content (AvgIpc) is 2.69. The van der Waals surface area contributed by atoms with Gasteiger partial charge in [-0.3, -0.25) is 4.79 Å². The SMILES string of the molecule is C=C1C(=O)O[C@H](CO)[C@]2(C)CC[C@@H]3[C@H](OC(=O)[C@H]3C)[C@@H]12. The predicted molar refractivity (Wildman–Crippen MR) is 69.5 cm³/mol. The van der Waals surface area contributed by atoms with Gasteiger partial charge in [0.05, 0.1) is 12.5 Å². The zero-order valence-electron chi connectivity index (χ0n) is 11.8. The van der Waals surface area contributed by atoms with Crippen LogP contribution in [-0.2, 0) is 19.1 Å². The van der Waals surface area contributed by atoms with Crippen LogP contribution in [0.1, 0.15) is 26.7 Å². The first-order valence-electron chi connectivity index (χ1n) is 7.11. The standard InChI is InChI=1S/C15H20O5/c1-7-9-4-5-15(3)10(6-16)19-14(18)8(2)11(15)12(9)20-13(7)17/h7,9-12,16H,2,4-6H2,1,3H3/t7-,9-,10+,11+,12-,15-/m0/s1. The number of hydrogen-bond donors (Lipinski definition) is 1. The Balaban J connectivity index is 2.02. The molecule has 3 fully saturated rings. The van der Waals surface area contributed by atoms with E-state index in [9.17, 15) is 14.7 Å². The van der Waals surface area contributed by atoms with Crippen LogP contribution in [0.15, 0.2) is 12.2 Å². The summed E-state index contributed by atoms with van der Waals surface area (Å²) in [6.07, 6.45) is 0.759. The molecule has 6 atom stereocenters. The van der Waals surface area contributed by atoms with Crippen molar-refractivity contribution in [2.45, 2.75) is 38.9 Å². The molecule has 2 aliphatic heterocycles. The fourth-order valence-corrected chi connectivity index (χ4v) is 4.20. The number of carbonyl (C=O) groups is 2. The molecule has 3 rings (SSSR count). The second-order valence-electron chi connectivity index (χ2n) is 6.48. The molecule has 0 amide bonds. The van der Waals surface area contributed by atoms with Crippen LogP contribution in [0, 0.1) is 23.2 Å². The van der Waals surface area contributed by atoms with Gasteiger partial charge in [-0.15, -0.1) is 0 Å². The third-order valence-corrected chi connectivity index (χ3v) is 5.53. The third-order valence-electron chi connectivity index (χ3n) is 5.53. The van der Waals surface area contributed by atoms with Gasteiger partial charge in [0, 0.05) is 22.8 Å². The van der Waals surface area contributed by atoms with Crippen molar-refractivity contribution in [3.63, 3.8) is 0 Å². The molecule has 0 spiro atoms. The van der Waals surface area contributed by atoms with E-state index in [4.69, 9.17) is 9.47 Å². The van der Waals surface area contributed by atoms with Gasteiger partial charge in [-0.25, -0.2) is 4.79 Å². The zero-order chi connectivity index (χ0) is 14.7. The molecule has 0 aromatic carbocycles. The van der Waals surface area contributed by atoms with Crippen LogP contribution in [0.2, 0.25) is 0 Å². The molecule has 0 unspecified atom stereocenters. The Kier molecular flexibility index (Phi) is 2.94. The predicted octanol–water partition coefficient (Wildman–Crippen LogP) is 1.05. The molecule has 110 valence electrons. The minimum absolute atomic E-state index is 0.127. The fraction of sp³-hybridized carbons (Fsp3) is 0.733. The van der Waals surface area contributed by atoms with Crippen molar-refractivity contribution >= 4 is 11.9 Å². The van der Waals surface area contributed by atoms with Crippen molar-refractivity contribution in [1.82, 2.24) is 0 Å². The monoisotopic (exact) mass is 280 g/mol. The Morgan fingerprint density at radius 3 is 2.75 bits per heavy atom. The van der Waals surface area contributed by atoms with Crippen molar-refractivity contribution < 1.29 is 24.2 Å². The number of rotatable bonds is 1. The van der Waals surface area contributed by atoms with E-state index in [2.05, 4.69) is 6.58 Å². The van der Waals surface area contributed by atoms with Crippen molar-refractivity contribution in [2.24, 2.45) is 23.2 Å². The van der Waals surface area contributed by atoms with Crippen LogP contribution in [0.4, 0.5) is 0 Å². The molecule has 1 aliphatic carbocycles. The summed E-state index contributed by atoms with van der Waals surface area (Å²) in [5, 5.41) is 9.53. The number of esters is 2. The first-order chi connectivity index (χ1) is 9.40. The van der Waals surface area contributed by atoms with Crippen molar-refractivity contribution in [1.29, 1.82) is 0 Å². The molecule has 2 heterocycles. The lowest BCUT2D eigenvalue weighted by atomic mass is 9.56. The first-order valence-corrected chi connectivity index (χ1v) is 7.11. The summed E-state index contributed by atoms with van der Waals surface area (Å²) in [6.45, 7) is 7.51. The van der Waals surface area contributed by atoms with Gasteiger partial charge in [-0.2, -0.15) is 0 Å². The largest absolute Gasteiger partial charge is 0.461 e. The highest BCUT2D eigenvalue weighted by Crippen LogP contribution is 2.56. The number of fused-ring (bicyclic) bond motifs is 3. The average molecular weight is 280 g/mol. The molecule has 0 aromatic rings. The molecule has 20 heavy (non-hydrogen) atoms. The number of cyclic esters (lactones) is 1. The maximum atomic E-state index is 11.9.